The quantitative estimate of drug-likeness (QED) is 0.203. The van der Waals surface area contributed by atoms with E-state index in [9.17, 15) is 8.87 Å². The van der Waals surface area contributed by atoms with Gasteiger partial charge in [0.25, 0.3) is 0 Å². The van der Waals surface area contributed by atoms with Crippen molar-refractivity contribution in [1.29, 1.82) is 0 Å². The van der Waals surface area contributed by atoms with Gasteiger partial charge in [0.1, 0.15) is 11.5 Å². The molecule has 0 amide bonds. The second kappa shape index (κ2) is 8.73. The van der Waals surface area contributed by atoms with Crippen molar-refractivity contribution in [2.75, 3.05) is 18.3 Å². The molecule has 0 saturated carbocycles. The molecule has 0 radical (unpaired) electrons. The molecule has 4 rings (SSSR count). The second-order valence-corrected chi connectivity index (χ2v) is 8.02. The minimum Gasteiger partial charge on any atom is -0.491 e. The zero-order valence-corrected chi connectivity index (χ0v) is 17.6. The zero-order chi connectivity index (χ0) is 23.0. The van der Waals surface area contributed by atoms with E-state index in [-0.39, 0.29) is 41.8 Å². The third-order valence-corrected chi connectivity index (χ3v) is 6.09. The minimum absolute atomic E-state index is 0.0158. The van der Waals surface area contributed by atoms with E-state index >= 15 is 13.2 Å². The molecule has 0 aromatic heterocycles. The predicted molar refractivity (Wildman–Crippen MR) is 112 cm³/mol. The predicted octanol–water partition coefficient (Wildman–Crippen LogP) is 7.01. The Kier molecular flexibility index (Phi) is 6.16. The minimum atomic E-state index is -4.39. The van der Waals surface area contributed by atoms with Crippen molar-refractivity contribution in [3.05, 3.63) is 59.7 Å². The summed E-state index contributed by atoms with van der Waals surface area (Å²) in [5.74, 6) is -3.22. The van der Waals surface area contributed by atoms with Crippen LogP contribution in [0, 0.1) is 11.6 Å². The molecule has 2 aliphatic heterocycles. The molecule has 0 spiro atoms. The summed E-state index contributed by atoms with van der Waals surface area (Å²) in [6, 6.07) is 0.807. The van der Waals surface area contributed by atoms with Gasteiger partial charge in [0, 0.05) is 11.5 Å². The molecular formula is C24H24F5NO2. The molecule has 32 heavy (non-hydrogen) atoms. The highest BCUT2D eigenvalue weighted by molar-refractivity contribution is 5.86. The molecule has 2 atom stereocenters. The summed E-state index contributed by atoms with van der Waals surface area (Å²) in [6.07, 6.45) is 4.62. The van der Waals surface area contributed by atoms with Crippen LogP contribution in [0.1, 0.15) is 49.7 Å². The Balaban J connectivity index is 1.73. The number of alkyl halides is 2. The topological polar surface area (TPSA) is 21.7 Å². The van der Waals surface area contributed by atoms with Crippen LogP contribution >= 0.6 is 0 Å². The number of anilines is 1. The Morgan fingerprint density at radius 3 is 2.56 bits per heavy atom. The maximum absolute atomic E-state index is 15.4. The number of halogens is 5. The van der Waals surface area contributed by atoms with Crippen LogP contribution in [0.5, 0.6) is 5.75 Å². The lowest BCUT2D eigenvalue weighted by Crippen LogP contribution is -2.38. The SMILES string of the molecule is C=CCCC1CCC(c2ccc3c(c2F)C(F)(F)N(F)c2c-3ccc(OCC)c2F)CO1. The smallest absolute Gasteiger partial charge is 0.381 e. The number of benzene rings is 2. The van der Waals surface area contributed by atoms with Crippen LogP contribution in [0.15, 0.2) is 36.9 Å². The van der Waals surface area contributed by atoms with E-state index in [0.29, 0.717) is 12.8 Å². The van der Waals surface area contributed by atoms with Crippen LogP contribution in [0.4, 0.5) is 27.7 Å². The Hall–Kier alpha value is -2.61. The van der Waals surface area contributed by atoms with Gasteiger partial charge in [-0.3, -0.25) is 0 Å². The lowest BCUT2D eigenvalue weighted by molar-refractivity contribution is -0.0526. The molecule has 2 aromatic carbocycles. The van der Waals surface area contributed by atoms with Crippen molar-refractivity contribution in [2.45, 2.75) is 50.7 Å². The van der Waals surface area contributed by atoms with Crippen LogP contribution in [-0.4, -0.2) is 19.3 Å². The number of fused-ring (bicyclic) bond motifs is 3. The fourth-order valence-corrected chi connectivity index (χ4v) is 4.47. The van der Waals surface area contributed by atoms with E-state index < -0.39 is 40.0 Å². The van der Waals surface area contributed by atoms with Crippen LogP contribution in [0.25, 0.3) is 11.1 Å². The fourth-order valence-electron chi connectivity index (χ4n) is 4.47. The van der Waals surface area contributed by atoms with Gasteiger partial charge in [0.2, 0.25) is 0 Å². The molecule has 1 fully saturated rings. The molecule has 3 nitrogen and oxygen atoms in total. The van der Waals surface area contributed by atoms with Gasteiger partial charge in [-0.05, 0) is 55.9 Å². The highest BCUT2D eigenvalue weighted by Crippen LogP contribution is 2.53. The van der Waals surface area contributed by atoms with E-state index in [0.717, 1.165) is 12.8 Å². The molecule has 8 heteroatoms. The van der Waals surface area contributed by atoms with Gasteiger partial charge in [-0.1, -0.05) is 22.7 Å². The Bertz CT molecular complexity index is 1020. The molecule has 172 valence electrons. The van der Waals surface area contributed by atoms with Crippen LogP contribution in [0.2, 0.25) is 0 Å². The molecule has 0 N–H and O–H groups in total. The molecule has 2 aliphatic rings. The normalized spacial score (nSPS) is 21.6. The van der Waals surface area contributed by atoms with Crippen molar-refractivity contribution >= 4 is 5.69 Å². The first-order valence-corrected chi connectivity index (χ1v) is 10.7. The van der Waals surface area contributed by atoms with E-state index in [1.807, 2.05) is 0 Å². The third-order valence-electron chi connectivity index (χ3n) is 6.09. The van der Waals surface area contributed by atoms with E-state index in [4.69, 9.17) is 9.47 Å². The van der Waals surface area contributed by atoms with E-state index in [1.165, 1.54) is 24.3 Å². The van der Waals surface area contributed by atoms with Crippen molar-refractivity contribution in [3.63, 3.8) is 0 Å². The Morgan fingerprint density at radius 2 is 1.91 bits per heavy atom. The zero-order valence-electron chi connectivity index (χ0n) is 17.6. The van der Waals surface area contributed by atoms with Gasteiger partial charge >= 0.3 is 6.05 Å². The number of hydrogen-bond acceptors (Lipinski definition) is 3. The largest absolute Gasteiger partial charge is 0.491 e. The molecular weight excluding hydrogens is 429 g/mol. The van der Waals surface area contributed by atoms with Gasteiger partial charge in [-0.2, -0.15) is 8.78 Å². The van der Waals surface area contributed by atoms with Crippen molar-refractivity contribution in [1.82, 2.24) is 0 Å². The number of ether oxygens (including phenoxy) is 2. The van der Waals surface area contributed by atoms with E-state index in [2.05, 4.69) is 6.58 Å². The average Bonchev–Trinajstić information content (AvgIpc) is 2.78. The molecule has 0 aliphatic carbocycles. The van der Waals surface area contributed by atoms with Crippen LogP contribution in [-0.2, 0) is 10.8 Å². The maximum Gasteiger partial charge on any atom is 0.381 e. The molecule has 2 heterocycles. The van der Waals surface area contributed by atoms with Crippen molar-refractivity contribution < 1.29 is 31.5 Å². The monoisotopic (exact) mass is 453 g/mol. The molecule has 0 bridgehead atoms. The summed E-state index contributed by atoms with van der Waals surface area (Å²) in [4.78, 5) is 0. The Morgan fingerprint density at radius 1 is 1.16 bits per heavy atom. The van der Waals surface area contributed by atoms with Crippen LogP contribution < -0.4 is 9.86 Å². The van der Waals surface area contributed by atoms with Gasteiger partial charge in [0.15, 0.2) is 11.6 Å². The molecule has 1 saturated heterocycles. The summed E-state index contributed by atoms with van der Waals surface area (Å²) >= 11 is 0. The molecule has 2 unspecified atom stereocenters. The molecule has 2 aromatic rings. The van der Waals surface area contributed by atoms with Gasteiger partial charge < -0.3 is 9.47 Å². The number of rotatable bonds is 6. The number of hydrogen-bond donors (Lipinski definition) is 0. The van der Waals surface area contributed by atoms with Crippen molar-refractivity contribution in [3.8, 4) is 16.9 Å². The number of allylic oxidation sites excluding steroid dienone is 1. The fraction of sp³-hybridized carbons (Fsp3) is 0.417. The lowest BCUT2D eigenvalue weighted by atomic mass is 9.84. The highest BCUT2D eigenvalue weighted by atomic mass is 19.3. The summed E-state index contributed by atoms with van der Waals surface area (Å²) < 4.78 is 85.9. The van der Waals surface area contributed by atoms with E-state index in [1.54, 1.807) is 13.0 Å². The van der Waals surface area contributed by atoms with Gasteiger partial charge in [0.05, 0.1) is 24.9 Å². The highest BCUT2D eigenvalue weighted by Gasteiger charge is 2.51. The van der Waals surface area contributed by atoms with Crippen LogP contribution in [0.3, 0.4) is 0 Å². The summed E-state index contributed by atoms with van der Waals surface area (Å²) in [5, 5.41) is -1.00. The van der Waals surface area contributed by atoms with Crippen molar-refractivity contribution in [2.24, 2.45) is 0 Å². The standard InChI is InChI=1S/C24H24F5NO2/c1-3-5-6-15-8-7-14(13-32-15)16-9-10-17-18-11-12-19(31-4-2)22(26)23(18)30(29)24(27,28)20(17)21(16)25/h3,9-12,14-15H,1,4-8,13H2,2H3. The first kappa shape index (κ1) is 22.6. The maximum atomic E-state index is 15.4. The first-order valence-electron chi connectivity index (χ1n) is 10.7. The third kappa shape index (κ3) is 3.64. The summed E-state index contributed by atoms with van der Waals surface area (Å²) in [5.41, 5.74) is -2.42. The van der Waals surface area contributed by atoms with Gasteiger partial charge in [-0.15, -0.1) is 11.7 Å². The summed E-state index contributed by atoms with van der Waals surface area (Å²) in [6.45, 7) is 5.52. The summed E-state index contributed by atoms with van der Waals surface area (Å²) in [7, 11) is 0. The van der Waals surface area contributed by atoms with Gasteiger partial charge in [-0.25, -0.2) is 8.78 Å². The Labute approximate surface area is 183 Å². The second-order valence-electron chi connectivity index (χ2n) is 8.02. The number of nitrogens with zero attached hydrogens (tertiary/aromatic N) is 1. The average molecular weight is 453 g/mol. The lowest BCUT2D eigenvalue weighted by Gasteiger charge is -2.35. The first-order chi connectivity index (χ1) is 15.3.